The van der Waals surface area contributed by atoms with Gasteiger partial charge in [0.2, 0.25) is 0 Å². The van der Waals surface area contributed by atoms with Gasteiger partial charge in [-0.2, -0.15) is 0 Å². The van der Waals surface area contributed by atoms with Crippen LogP contribution in [0.15, 0.2) is 0 Å². The molecule has 0 radical (unpaired) electrons. The number of nitrogens with zero attached hydrogens (tertiary/aromatic N) is 1. The molecule has 2 aliphatic rings. The summed E-state index contributed by atoms with van der Waals surface area (Å²) in [6.45, 7) is 9.23. The quantitative estimate of drug-likeness (QED) is 0.688. The lowest BCUT2D eigenvalue weighted by Gasteiger charge is -2.43. The molecule has 0 saturated carbocycles. The van der Waals surface area contributed by atoms with Crippen LogP contribution in [0.1, 0.15) is 27.2 Å². The van der Waals surface area contributed by atoms with E-state index >= 15 is 0 Å². The van der Waals surface area contributed by atoms with Crippen LogP contribution in [0.2, 0.25) is 0 Å². The molecule has 1 atom stereocenters. The molecule has 2 rings (SSSR count). The number of nitrogens with one attached hydrogen (secondary N) is 1. The van der Waals surface area contributed by atoms with Gasteiger partial charge in [-0.1, -0.05) is 0 Å². The molecular weight excluding hydrogens is 220 g/mol. The fraction of sp³-hybridized carbons (Fsp3) is 0.917. The second-order valence-electron chi connectivity index (χ2n) is 5.91. The van der Waals surface area contributed by atoms with Crippen molar-refractivity contribution in [3.05, 3.63) is 0 Å². The maximum absolute atomic E-state index is 12.0. The highest BCUT2D eigenvalue weighted by molar-refractivity contribution is 5.68. The van der Waals surface area contributed by atoms with Crippen LogP contribution in [0.3, 0.4) is 0 Å². The molecule has 2 saturated heterocycles. The molecule has 2 aliphatic heterocycles. The van der Waals surface area contributed by atoms with E-state index in [0.717, 1.165) is 13.0 Å². The van der Waals surface area contributed by atoms with Crippen molar-refractivity contribution in [3.8, 4) is 0 Å². The van der Waals surface area contributed by atoms with E-state index in [4.69, 9.17) is 9.47 Å². The number of rotatable bonds is 0. The zero-order valence-electron chi connectivity index (χ0n) is 10.9. The minimum atomic E-state index is -0.440. The first-order chi connectivity index (χ1) is 7.90. The summed E-state index contributed by atoms with van der Waals surface area (Å²) in [5.41, 5.74) is -0.474. The Bertz CT molecular complexity index is 295. The van der Waals surface area contributed by atoms with Crippen LogP contribution in [-0.2, 0) is 9.47 Å². The summed E-state index contributed by atoms with van der Waals surface area (Å²) in [6.07, 6.45) is 0.822. The Labute approximate surface area is 102 Å². The lowest BCUT2D eigenvalue weighted by molar-refractivity contribution is 0.0175. The Morgan fingerprint density at radius 2 is 2.18 bits per heavy atom. The van der Waals surface area contributed by atoms with Gasteiger partial charge in [0.15, 0.2) is 0 Å². The highest BCUT2D eigenvalue weighted by Crippen LogP contribution is 2.24. The van der Waals surface area contributed by atoms with Gasteiger partial charge in [0.05, 0.1) is 18.8 Å². The summed E-state index contributed by atoms with van der Waals surface area (Å²) in [5.74, 6) is 0. The van der Waals surface area contributed by atoms with Gasteiger partial charge < -0.3 is 19.7 Å². The van der Waals surface area contributed by atoms with Gasteiger partial charge >= 0.3 is 6.09 Å². The fourth-order valence-corrected chi connectivity index (χ4v) is 2.15. The fourth-order valence-electron chi connectivity index (χ4n) is 2.15. The summed E-state index contributed by atoms with van der Waals surface area (Å²) in [4.78, 5) is 13.8. The Morgan fingerprint density at radius 3 is 2.71 bits per heavy atom. The first kappa shape index (κ1) is 12.6. The lowest BCUT2D eigenvalue weighted by Crippen LogP contribution is -2.65. The predicted octanol–water partition coefficient (Wildman–Crippen LogP) is 0.986. The Morgan fingerprint density at radius 1 is 1.47 bits per heavy atom. The summed E-state index contributed by atoms with van der Waals surface area (Å²) < 4.78 is 10.9. The third-order valence-electron chi connectivity index (χ3n) is 3.13. The zero-order valence-corrected chi connectivity index (χ0v) is 10.9. The molecule has 17 heavy (non-hydrogen) atoms. The molecular formula is C12H22N2O3. The van der Waals surface area contributed by atoms with Crippen molar-refractivity contribution in [1.29, 1.82) is 0 Å². The van der Waals surface area contributed by atoms with E-state index < -0.39 is 5.60 Å². The number of ether oxygens (including phenoxy) is 2. The average molecular weight is 242 g/mol. The normalized spacial score (nSPS) is 29.7. The van der Waals surface area contributed by atoms with E-state index in [1.54, 1.807) is 4.90 Å². The van der Waals surface area contributed by atoms with Crippen molar-refractivity contribution in [2.75, 3.05) is 32.8 Å². The van der Waals surface area contributed by atoms with Gasteiger partial charge in [0.25, 0.3) is 0 Å². The third-order valence-corrected chi connectivity index (χ3v) is 3.13. The molecule has 2 fully saturated rings. The largest absolute Gasteiger partial charge is 0.444 e. The molecule has 0 aliphatic carbocycles. The van der Waals surface area contributed by atoms with E-state index in [0.29, 0.717) is 26.3 Å². The van der Waals surface area contributed by atoms with E-state index in [1.807, 2.05) is 20.8 Å². The number of hydrogen-bond acceptors (Lipinski definition) is 4. The van der Waals surface area contributed by atoms with Crippen molar-refractivity contribution in [3.63, 3.8) is 0 Å². The lowest BCUT2D eigenvalue weighted by atomic mass is 9.88. The van der Waals surface area contributed by atoms with Crippen molar-refractivity contribution >= 4 is 6.09 Å². The highest BCUT2D eigenvalue weighted by Gasteiger charge is 2.41. The highest BCUT2D eigenvalue weighted by atomic mass is 16.6. The standard InChI is InChI=1S/C12H22N2O3/c1-11(2,3)17-10(15)14-6-7-16-9-12(8-14)4-5-13-12/h13H,4-9H2,1-3H3/t12-/m1/s1. The van der Waals surface area contributed by atoms with Crippen molar-refractivity contribution in [2.45, 2.75) is 38.3 Å². The molecule has 0 bridgehead atoms. The summed E-state index contributed by atoms with van der Waals surface area (Å²) in [6, 6.07) is 0. The zero-order chi connectivity index (χ0) is 12.5. The third kappa shape index (κ3) is 3.10. The topological polar surface area (TPSA) is 50.8 Å². The number of amides is 1. The molecule has 1 spiro atoms. The molecule has 5 heteroatoms. The van der Waals surface area contributed by atoms with E-state index in [2.05, 4.69) is 5.32 Å². The van der Waals surface area contributed by atoms with Gasteiger partial charge in [-0.05, 0) is 33.7 Å². The second-order valence-corrected chi connectivity index (χ2v) is 5.91. The SMILES string of the molecule is CC(C)(C)OC(=O)N1CCOC[C@@]2(CCN2)C1. The first-order valence-corrected chi connectivity index (χ1v) is 6.21. The molecule has 98 valence electrons. The maximum atomic E-state index is 12.0. The van der Waals surface area contributed by atoms with Crippen LogP contribution >= 0.6 is 0 Å². The number of carbonyl (C=O) groups excluding carboxylic acids is 1. The second kappa shape index (κ2) is 4.46. The van der Waals surface area contributed by atoms with Crippen LogP contribution in [0.25, 0.3) is 0 Å². The number of hydrogen-bond donors (Lipinski definition) is 1. The Hall–Kier alpha value is -0.810. The van der Waals surface area contributed by atoms with E-state index in [-0.39, 0.29) is 11.6 Å². The van der Waals surface area contributed by atoms with Gasteiger partial charge in [-0.15, -0.1) is 0 Å². The number of carbonyl (C=O) groups is 1. The van der Waals surface area contributed by atoms with Gasteiger partial charge in [-0.25, -0.2) is 4.79 Å². The van der Waals surface area contributed by atoms with Crippen LogP contribution in [-0.4, -0.2) is 55.0 Å². The molecule has 0 aromatic rings. The molecule has 2 heterocycles. The molecule has 0 aromatic carbocycles. The van der Waals surface area contributed by atoms with Crippen LogP contribution < -0.4 is 5.32 Å². The smallest absolute Gasteiger partial charge is 0.410 e. The minimum absolute atomic E-state index is 0.0343. The van der Waals surface area contributed by atoms with E-state index in [9.17, 15) is 4.79 Å². The maximum Gasteiger partial charge on any atom is 0.410 e. The van der Waals surface area contributed by atoms with Gasteiger partial charge in [0.1, 0.15) is 5.60 Å². The summed E-state index contributed by atoms with van der Waals surface area (Å²) in [7, 11) is 0. The van der Waals surface area contributed by atoms with Crippen LogP contribution in [0.4, 0.5) is 4.79 Å². The molecule has 5 nitrogen and oxygen atoms in total. The summed E-state index contributed by atoms with van der Waals surface area (Å²) >= 11 is 0. The van der Waals surface area contributed by atoms with Crippen LogP contribution in [0.5, 0.6) is 0 Å². The average Bonchev–Trinajstić information content (AvgIpc) is 2.35. The molecule has 1 N–H and O–H groups in total. The minimum Gasteiger partial charge on any atom is -0.444 e. The molecule has 0 aromatic heterocycles. The predicted molar refractivity (Wildman–Crippen MR) is 64.0 cm³/mol. The molecule has 1 amide bonds. The Kier molecular flexibility index (Phi) is 3.32. The van der Waals surface area contributed by atoms with Gasteiger partial charge in [-0.3, -0.25) is 0 Å². The van der Waals surface area contributed by atoms with Crippen LogP contribution in [0, 0.1) is 0 Å². The molecule has 0 unspecified atom stereocenters. The monoisotopic (exact) mass is 242 g/mol. The van der Waals surface area contributed by atoms with Crippen molar-refractivity contribution in [1.82, 2.24) is 10.2 Å². The van der Waals surface area contributed by atoms with Crippen molar-refractivity contribution in [2.24, 2.45) is 0 Å². The first-order valence-electron chi connectivity index (χ1n) is 6.21. The van der Waals surface area contributed by atoms with Gasteiger partial charge in [0, 0.05) is 13.1 Å². The van der Waals surface area contributed by atoms with Crippen molar-refractivity contribution < 1.29 is 14.3 Å². The van der Waals surface area contributed by atoms with E-state index in [1.165, 1.54) is 0 Å². The Balaban J connectivity index is 1.97. The summed E-state index contributed by atoms with van der Waals surface area (Å²) in [5, 5.41) is 3.37.